The number of fused-ring (bicyclic) bond motifs is 1. The lowest BCUT2D eigenvalue weighted by atomic mass is 10.2. The third kappa shape index (κ3) is 4.28. The molecular formula is C22H25N7O5S. The second kappa shape index (κ2) is 7.92. The van der Waals surface area contributed by atoms with Crippen LogP contribution in [0.5, 0.6) is 0 Å². The summed E-state index contributed by atoms with van der Waals surface area (Å²) in [5.74, 6) is 0.337. The van der Waals surface area contributed by atoms with E-state index >= 15 is 0 Å². The Balaban J connectivity index is 1.71. The molecule has 4 aromatic rings. The van der Waals surface area contributed by atoms with Crippen LogP contribution in [0.15, 0.2) is 49.3 Å². The zero-order valence-corrected chi connectivity index (χ0v) is 20.3. The number of nitrogens with one attached hydrogen (secondary N) is 1. The Morgan fingerprint density at radius 3 is 2.49 bits per heavy atom. The summed E-state index contributed by atoms with van der Waals surface area (Å²) in [6.07, 6.45) is 1.49. The molecule has 35 heavy (non-hydrogen) atoms. The average molecular weight is 500 g/mol. The van der Waals surface area contributed by atoms with E-state index in [-0.39, 0.29) is 34.9 Å². The molecule has 1 aliphatic rings. The third-order valence-electron chi connectivity index (χ3n) is 6.20. The lowest BCUT2D eigenvalue weighted by molar-refractivity contribution is 0.374. The Labute approximate surface area is 200 Å². The number of nitrogens with two attached hydrogens (primary N) is 1. The molecule has 0 unspecified atom stereocenters. The van der Waals surface area contributed by atoms with Crippen LogP contribution in [0.1, 0.15) is 36.9 Å². The second-order valence-electron chi connectivity index (χ2n) is 9.22. The number of anilines is 1. The molecule has 0 atom stereocenters. The van der Waals surface area contributed by atoms with Gasteiger partial charge in [0.25, 0.3) is 5.56 Å². The maximum Gasteiger partial charge on any atom is 0.332 e. The molecule has 0 spiro atoms. The van der Waals surface area contributed by atoms with Crippen molar-refractivity contribution in [3.05, 3.63) is 68.3 Å². The first-order valence-corrected chi connectivity index (χ1v) is 12.5. The Hall–Kier alpha value is -3.71. The van der Waals surface area contributed by atoms with Crippen molar-refractivity contribution in [1.82, 2.24) is 28.8 Å². The number of hydrogen-bond acceptors (Lipinski definition) is 8. The predicted octanol–water partition coefficient (Wildman–Crippen LogP) is 0.703. The highest BCUT2D eigenvalue weighted by Gasteiger charge is 2.41. The van der Waals surface area contributed by atoms with Gasteiger partial charge in [0.2, 0.25) is 10.0 Å². The van der Waals surface area contributed by atoms with Gasteiger partial charge in [-0.1, -0.05) is 5.16 Å². The van der Waals surface area contributed by atoms with Crippen LogP contribution in [0.25, 0.3) is 10.9 Å². The minimum Gasteiger partial charge on any atom is -0.381 e. The van der Waals surface area contributed by atoms with Gasteiger partial charge in [0.1, 0.15) is 0 Å². The van der Waals surface area contributed by atoms with Gasteiger partial charge < -0.3 is 10.3 Å². The largest absolute Gasteiger partial charge is 0.381 e. The zero-order chi connectivity index (χ0) is 25.1. The summed E-state index contributed by atoms with van der Waals surface area (Å²) < 4.78 is 37.8. The van der Waals surface area contributed by atoms with Crippen LogP contribution in [-0.4, -0.2) is 38.0 Å². The molecule has 0 bridgehead atoms. The summed E-state index contributed by atoms with van der Waals surface area (Å²) in [6.45, 7) is 3.57. The van der Waals surface area contributed by atoms with Crippen LogP contribution >= 0.6 is 0 Å². The minimum atomic E-state index is -3.86. The molecule has 1 aliphatic carbocycles. The SMILES string of the molecule is Cc1cc(Cn2c(=O)n(Cc3cc(N)no3)c(=O)c3cc(S(=O)(=O)NC4(C)CC4)ccc32)n(C)n1. The summed E-state index contributed by atoms with van der Waals surface area (Å²) in [5, 5.41) is 8.01. The minimum absolute atomic E-state index is 0.0488. The van der Waals surface area contributed by atoms with Crippen molar-refractivity contribution in [2.75, 3.05) is 5.73 Å². The molecule has 0 saturated heterocycles. The monoisotopic (exact) mass is 499 g/mol. The molecule has 1 fully saturated rings. The summed E-state index contributed by atoms with van der Waals surface area (Å²) in [5.41, 5.74) is 5.73. The third-order valence-corrected chi connectivity index (χ3v) is 7.83. The van der Waals surface area contributed by atoms with E-state index in [2.05, 4.69) is 15.0 Å². The van der Waals surface area contributed by atoms with E-state index in [1.54, 1.807) is 11.7 Å². The molecule has 3 heterocycles. The number of nitrogen functional groups attached to an aromatic ring is 1. The van der Waals surface area contributed by atoms with E-state index in [4.69, 9.17) is 10.3 Å². The number of hydrogen-bond donors (Lipinski definition) is 2. The van der Waals surface area contributed by atoms with Gasteiger partial charge in [0.05, 0.1) is 40.3 Å². The van der Waals surface area contributed by atoms with E-state index in [9.17, 15) is 18.0 Å². The first-order valence-electron chi connectivity index (χ1n) is 11.0. The number of aryl methyl sites for hydroxylation is 2. The molecule has 0 amide bonds. The van der Waals surface area contributed by atoms with Gasteiger partial charge in [0.15, 0.2) is 11.6 Å². The predicted molar refractivity (Wildman–Crippen MR) is 127 cm³/mol. The highest BCUT2D eigenvalue weighted by molar-refractivity contribution is 7.89. The number of sulfonamides is 1. The topological polar surface area (TPSA) is 160 Å². The molecule has 0 aliphatic heterocycles. The number of rotatable bonds is 7. The highest BCUT2D eigenvalue weighted by atomic mass is 32.2. The van der Waals surface area contributed by atoms with Crippen molar-refractivity contribution in [3.63, 3.8) is 0 Å². The Bertz CT molecular complexity index is 1690. The van der Waals surface area contributed by atoms with Crippen molar-refractivity contribution in [2.24, 2.45) is 7.05 Å². The average Bonchev–Trinajstić information content (AvgIpc) is 3.20. The number of benzene rings is 1. The quantitative estimate of drug-likeness (QED) is 0.376. The fourth-order valence-corrected chi connectivity index (χ4v) is 5.56. The summed E-state index contributed by atoms with van der Waals surface area (Å²) in [6, 6.07) is 7.46. The summed E-state index contributed by atoms with van der Waals surface area (Å²) in [4.78, 5) is 26.9. The Morgan fingerprint density at radius 1 is 1.14 bits per heavy atom. The van der Waals surface area contributed by atoms with E-state index < -0.39 is 26.8 Å². The molecule has 3 N–H and O–H groups in total. The lowest BCUT2D eigenvalue weighted by Gasteiger charge is -2.16. The Kier molecular flexibility index (Phi) is 5.21. The van der Waals surface area contributed by atoms with Crippen LogP contribution in [0, 0.1) is 6.92 Å². The Morgan fingerprint density at radius 2 is 1.89 bits per heavy atom. The van der Waals surface area contributed by atoms with E-state index in [0.29, 0.717) is 5.52 Å². The van der Waals surface area contributed by atoms with Crippen LogP contribution in [-0.2, 0) is 30.2 Å². The van der Waals surface area contributed by atoms with Crippen molar-refractivity contribution in [2.45, 2.75) is 50.2 Å². The van der Waals surface area contributed by atoms with Crippen molar-refractivity contribution in [1.29, 1.82) is 0 Å². The van der Waals surface area contributed by atoms with Crippen molar-refractivity contribution >= 4 is 26.7 Å². The molecule has 1 saturated carbocycles. The normalized spacial score (nSPS) is 15.1. The smallest absolute Gasteiger partial charge is 0.332 e. The van der Waals surface area contributed by atoms with Gasteiger partial charge in [0, 0.05) is 18.7 Å². The number of nitrogens with zero attached hydrogens (tertiary/aromatic N) is 5. The first-order chi connectivity index (χ1) is 16.5. The molecule has 1 aromatic carbocycles. The molecule has 5 rings (SSSR count). The number of aromatic nitrogens is 5. The van der Waals surface area contributed by atoms with Gasteiger partial charge in [-0.15, -0.1) is 0 Å². The van der Waals surface area contributed by atoms with Gasteiger partial charge >= 0.3 is 5.69 Å². The second-order valence-corrected chi connectivity index (χ2v) is 10.9. The zero-order valence-electron chi connectivity index (χ0n) is 19.5. The molecule has 0 radical (unpaired) electrons. The van der Waals surface area contributed by atoms with Crippen molar-refractivity contribution < 1.29 is 12.9 Å². The molecular weight excluding hydrogens is 474 g/mol. The van der Waals surface area contributed by atoms with E-state index in [0.717, 1.165) is 28.8 Å². The van der Waals surface area contributed by atoms with Gasteiger partial charge in [-0.3, -0.25) is 18.6 Å². The van der Waals surface area contributed by atoms with E-state index in [1.165, 1.54) is 28.8 Å². The highest BCUT2D eigenvalue weighted by Crippen LogP contribution is 2.36. The van der Waals surface area contributed by atoms with Crippen LogP contribution in [0.3, 0.4) is 0 Å². The van der Waals surface area contributed by atoms with Crippen LogP contribution in [0.2, 0.25) is 0 Å². The van der Waals surface area contributed by atoms with Gasteiger partial charge in [-0.2, -0.15) is 5.10 Å². The van der Waals surface area contributed by atoms with Crippen LogP contribution in [0.4, 0.5) is 5.82 Å². The lowest BCUT2D eigenvalue weighted by Crippen LogP contribution is -2.41. The van der Waals surface area contributed by atoms with E-state index in [1.807, 2.05) is 19.9 Å². The standard InChI is InChI=1S/C22H25N7O5S/c1-13-8-14(27(3)24-13)11-28-18-5-4-16(35(32,33)26-22(2)6-7-22)10-17(18)20(30)29(21(28)31)12-15-9-19(23)25-34-15/h4-5,8-10,26H,6-7,11-12H2,1-3H3,(H2,23,25). The summed E-state index contributed by atoms with van der Waals surface area (Å²) in [7, 11) is -2.10. The first kappa shape index (κ1) is 23.1. The molecule has 3 aromatic heterocycles. The van der Waals surface area contributed by atoms with Crippen LogP contribution < -0.4 is 21.7 Å². The summed E-state index contributed by atoms with van der Waals surface area (Å²) >= 11 is 0. The maximum absolute atomic E-state index is 13.5. The fraction of sp³-hybridized carbons (Fsp3) is 0.364. The van der Waals surface area contributed by atoms with Crippen molar-refractivity contribution in [3.8, 4) is 0 Å². The fourth-order valence-electron chi connectivity index (χ4n) is 4.07. The van der Waals surface area contributed by atoms with Gasteiger partial charge in [-0.05, 0) is 51.0 Å². The molecule has 12 nitrogen and oxygen atoms in total. The molecule has 184 valence electrons. The molecule has 13 heteroatoms. The van der Waals surface area contributed by atoms with Gasteiger partial charge in [-0.25, -0.2) is 17.9 Å². The maximum atomic E-state index is 13.5.